The lowest BCUT2D eigenvalue weighted by molar-refractivity contribution is -0.139. The average molecular weight is 345 g/mol. The lowest BCUT2D eigenvalue weighted by atomic mass is 9.90. The molecule has 1 aromatic carbocycles. The maximum atomic E-state index is 12.7. The number of benzene rings is 1. The van der Waals surface area contributed by atoms with Gasteiger partial charge >= 0.3 is 0 Å². The molecule has 138 valence electrons. The van der Waals surface area contributed by atoms with E-state index in [2.05, 4.69) is 24.3 Å². The molecule has 25 heavy (non-hydrogen) atoms. The van der Waals surface area contributed by atoms with Crippen molar-refractivity contribution in [2.24, 2.45) is 5.92 Å². The van der Waals surface area contributed by atoms with Crippen LogP contribution >= 0.6 is 0 Å². The molecule has 1 aliphatic heterocycles. The van der Waals surface area contributed by atoms with E-state index in [4.69, 9.17) is 0 Å². The lowest BCUT2D eigenvalue weighted by Crippen LogP contribution is -2.50. The molecule has 0 N–H and O–H groups in total. The smallest absolute Gasteiger partial charge is 0.239 e. The van der Waals surface area contributed by atoms with Crippen LogP contribution in [-0.4, -0.2) is 73.3 Å². The summed E-state index contributed by atoms with van der Waals surface area (Å²) >= 11 is 0. The van der Waals surface area contributed by atoms with Crippen molar-refractivity contribution in [3.63, 3.8) is 0 Å². The molecule has 1 heterocycles. The van der Waals surface area contributed by atoms with E-state index in [1.165, 1.54) is 5.56 Å². The van der Waals surface area contributed by atoms with E-state index in [1.54, 1.807) is 19.0 Å². The van der Waals surface area contributed by atoms with E-state index < -0.39 is 0 Å². The second kappa shape index (κ2) is 8.99. The van der Waals surface area contributed by atoms with Crippen LogP contribution in [0.3, 0.4) is 0 Å². The molecule has 5 heteroatoms. The van der Waals surface area contributed by atoms with E-state index in [9.17, 15) is 9.59 Å². The zero-order valence-corrected chi connectivity index (χ0v) is 15.9. The van der Waals surface area contributed by atoms with E-state index >= 15 is 0 Å². The second-order valence-corrected chi connectivity index (χ2v) is 7.34. The Balaban J connectivity index is 1.81. The number of hydrogen-bond donors (Lipinski definition) is 0. The topological polar surface area (TPSA) is 43.9 Å². The van der Waals surface area contributed by atoms with Crippen LogP contribution < -0.4 is 0 Å². The Kier molecular flexibility index (Phi) is 7.00. The minimum atomic E-state index is -0.269. The normalized spacial score (nSPS) is 16.8. The second-order valence-electron chi connectivity index (χ2n) is 7.34. The molecule has 0 aliphatic carbocycles. The zero-order valence-electron chi connectivity index (χ0n) is 15.9. The third-order valence-electron chi connectivity index (χ3n) is 5.20. The Morgan fingerprint density at radius 1 is 1.12 bits per heavy atom. The highest BCUT2D eigenvalue weighted by Gasteiger charge is 2.28. The highest BCUT2D eigenvalue weighted by atomic mass is 16.2. The predicted octanol–water partition coefficient (Wildman–Crippen LogP) is 1.88. The van der Waals surface area contributed by atoms with Crippen LogP contribution in [-0.2, 0) is 16.0 Å². The van der Waals surface area contributed by atoms with Crippen molar-refractivity contribution in [2.75, 3.05) is 40.8 Å². The van der Waals surface area contributed by atoms with Crippen molar-refractivity contribution in [1.82, 2.24) is 14.7 Å². The molecule has 1 aromatic rings. The first-order valence-electron chi connectivity index (χ1n) is 9.11. The number of carbonyl (C=O) groups is 2. The molecule has 1 atom stereocenters. The van der Waals surface area contributed by atoms with Crippen LogP contribution in [0.25, 0.3) is 0 Å². The van der Waals surface area contributed by atoms with Gasteiger partial charge in [-0.05, 0) is 44.7 Å². The number of likely N-dealkylation sites (N-methyl/N-ethyl adjacent to an activating group) is 2. The van der Waals surface area contributed by atoms with Crippen LogP contribution in [0.15, 0.2) is 30.3 Å². The summed E-state index contributed by atoms with van der Waals surface area (Å²) in [6.45, 7) is 3.79. The summed E-state index contributed by atoms with van der Waals surface area (Å²) in [4.78, 5) is 29.9. The molecule has 0 radical (unpaired) electrons. The van der Waals surface area contributed by atoms with Gasteiger partial charge < -0.3 is 9.80 Å². The summed E-state index contributed by atoms with van der Waals surface area (Å²) in [6.07, 6.45) is 3.19. The molecule has 2 amide bonds. The van der Waals surface area contributed by atoms with Gasteiger partial charge in [-0.3, -0.25) is 14.5 Å². The van der Waals surface area contributed by atoms with Crippen molar-refractivity contribution in [2.45, 2.75) is 32.2 Å². The van der Waals surface area contributed by atoms with Crippen LogP contribution in [0, 0.1) is 5.92 Å². The van der Waals surface area contributed by atoms with E-state index in [1.807, 2.05) is 29.8 Å². The first-order chi connectivity index (χ1) is 11.9. The molecule has 1 fully saturated rings. The van der Waals surface area contributed by atoms with Gasteiger partial charge in [-0.25, -0.2) is 0 Å². The molecule has 2 rings (SSSR count). The Labute approximate surface area is 151 Å². The highest BCUT2D eigenvalue weighted by molar-refractivity contribution is 5.83. The van der Waals surface area contributed by atoms with E-state index in [0.717, 1.165) is 32.4 Å². The van der Waals surface area contributed by atoms with Crippen molar-refractivity contribution < 1.29 is 9.59 Å². The summed E-state index contributed by atoms with van der Waals surface area (Å²) in [5.41, 5.74) is 1.38. The lowest BCUT2D eigenvalue weighted by Gasteiger charge is -2.35. The van der Waals surface area contributed by atoms with Gasteiger partial charge in [0, 0.05) is 27.2 Å². The highest BCUT2D eigenvalue weighted by Crippen LogP contribution is 2.22. The SMILES string of the molecule is CC(C(=O)N1CCC(Cc2ccccc2)CC1)N(C)CC(=O)N(C)C. The minimum Gasteiger partial charge on any atom is -0.348 e. The quantitative estimate of drug-likeness (QED) is 0.791. The summed E-state index contributed by atoms with van der Waals surface area (Å²) < 4.78 is 0. The number of amides is 2. The first kappa shape index (κ1) is 19.4. The predicted molar refractivity (Wildman–Crippen MR) is 100 cm³/mol. The van der Waals surface area contributed by atoms with Crippen LogP contribution in [0.4, 0.5) is 0 Å². The maximum absolute atomic E-state index is 12.7. The van der Waals surface area contributed by atoms with Crippen molar-refractivity contribution in [1.29, 1.82) is 0 Å². The molecule has 0 bridgehead atoms. The Hall–Kier alpha value is -1.88. The van der Waals surface area contributed by atoms with E-state index in [-0.39, 0.29) is 24.4 Å². The van der Waals surface area contributed by atoms with E-state index in [0.29, 0.717) is 5.92 Å². The van der Waals surface area contributed by atoms with Crippen molar-refractivity contribution in [3.8, 4) is 0 Å². The standard InChI is InChI=1S/C20H31N3O2/c1-16(22(4)15-19(24)21(2)3)20(25)23-12-10-18(11-13-23)14-17-8-6-5-7-9-17/h5-9,16,18H,10-15H2,1-4H3. The van der Waals surface area contributed by atoms with Gasteiger partial charge in [-0.15, -0.1) is 0 Å². The van der Waals surface area contributed by atoms with Gasteiger partial charge in [0.25, 0.3) is 0 Å². The molecule has 0 aromatic heterocycles. The molecule has 0 spiro atoms. The Morgan fingerprint density at radius 2 is 1.72 bits per heavy atom. The third kappa shape index (κ3) is 5.56. The van der Waals surface area contributed by atoms with Gasteiger partial charge in [0.15, 0.2) is 0 Å². The fourth-order valence-corrected chi connectivity index (χ4v) is 3.25. The van der Waals surface area contributed by atoms with Gasteiger partial charge in [0.1, 0.15) is 0 Å². The Morgan fingerprint density at radius 3 is 2.28 bits per heavy atom. The summed E-state index contributed by atoms with van der Waals surface area (Å²) in [7, 11) is 5.31. The molecule has 1 saturated heterocycles. The van der Waals surface area contributed by atoms with Gasteiger partial charge in [0.2, 0.25) is 11.8 Å². The van der Waals surface area contributed by atoms with Crippen molar-refractivity contribution >= 4 is 11.8 Å². The monoisotopic (exact) mass is 345 g/mol. The average Bonchev–Trinajstić information content (AvgIpc) is 2.61. The molecular formula is C20H31N3O2. The summed E-state index contributed by atoms with van der Waals surface area (Å²) in [6, 6.07) is 10.3. The summed E-state index contributed by atoms with van der Waals surface area (Å²) in [5.74, 6) is 0.797. The minimum absolute atomic E-state index is 0.0173. The zero-order chi connectivity index (χ0) is 18.4. The maximum Gasteiger partial charge on any atom is 0.239 e. The van der Waals surface area contributed by atoms with Gasteiger partial charge in [-0.2, -0.15) is 0 Å². The summed E-state index contributed by atoms with van der Waals surface area (Å²) in [5, 5.41) is 0. The number of hydrogen-bond acceptors (Lipinski definition) is 3. The molecular weight excluding hydrogens is 314 g/mol. The fraction of sp³-hybridized carbons (Fsp3) is 0.600. The van der Waals surface area contributed by atoms with Gasteiger partial charge in [0.05, 0.1) is 12.6 Å². The number of rotatable bonds is 6. The molecule has 0 saturated carbocycles. The molecule has 1 aliphatic rings. The van der Waals surface area contributed by atoms with Crippen LogP contribution in [0.2, 0.25) is 0 Å². The first-order valence-corrected chi connectivity index (χ1v) is 9.11. The third-order valence-corrected chi connectivity index (χ3v) is 5.20. The number of nitrogens with zero attached hydrogens (tertiary/aromatic N) is 3. The van der Waals surface area contributed by atoms with Crippen LogP contribution in [0.1, 0.15) is 25.3 Å². The number of likely N-dealkylation sites (tertiary alicyclic amines) is 1. The largest absolute Gasteiger partial charge is 0.348 e. The fourth-order valence-electron chi connectivity index (χ4n) is 3.25. The molecule has 1 unspecified atom stereocenters. The number of carbonyl (C=O) groups excluding carboxylic acids is 2. The number of piperidine rings is 1. The molecule has 5 nitrogen and oxygen atoms in total. The van der Waals surface area contributed by atoms with Gasteiger partial charge in [-0.1, -0.05) is 30.3 Å². The van der Waals surface area contributed by atoms with Crippen LogP contribution in [0.5, 0.6) is 0 Å². The van der Waals surface area contributed by atoms with Crippen molar-refractivity contribution in [3.05, 3.63) is 35.9 Å². The Bertz CT molecular complexity index is 566.